The van der Waals surface area contributed by atoms with E-state index in [1.165, 1.54) is 16.7 Å². The van der Waals surface area contributed by atoms with Crippen LogP contribution in [0.5, 0.6) is 11.5 Å². The van der Waals surface area contributed by atoms with Crippen LogP contribution in [0.15, 0.2) is 109 Å². The SMILES string of the molecule is COc1ccccc1-c1ccc2c(c1)C(C(C)O)=CC(C)(C)N2C(=O)OC(C)(C)C.COc1ccccc1-c1ccc2c(c1)C(C(C)OCC=C(C)C)=CC(C)(C)N2. The van der Waals surface area contributed by atoms with Crippen molar-refractivity contribution in [3.05, 3.63) is 120 Å². The number of methoxy groups -OCH3 is 2. The van der Waals surface area contributed by atoms with E-state index in [4.69, 9.17) is 18.9 Å². The molecule has 2 N–H and O–H groups in total. The number of ether oxygens (including phenoxy) is 4. The van der Waals surface area contributed by atoms with Crippen molar-refractivity contribution in [1.29, 1.82) is 0 Å². The molecule has 6 rings (SSSR count). The van der Waals surface area contributed by atoms with E-state index in [0.29, 0.717) is 12.3 Å². The Morgan fingerprint density at radius 2 is 1.33 bits per heavy atom. The third-order valence-corrected chi connectivity index (χ3v) is 10.1. The molecule has 0 bridgehead atoms. The molecule has 0 aromatic heterocycles. The van der Waals surface area contributed by atoms with E-state index in [1.54, 1.807) is 26.0 Å². The standard InChI is InChI=1S/C25H31NO4.C25H31NO2/c1-16(27)20-15-25(5,6)26(23(28)30-24(2,3)4)21-13-12-17(14-19(20)21)18-10-8-9-11-22(18)29-7;1-17(2)13-14-28-18(3)22-16-25(4,5)26-23-12-11-19(15-21(22)23)20-9-7-8-10-24(20)27-6/h8-16,27H,1-7H3;7-13,15-16,18,26H,14H2,1-6H3. The first-order valence-corrected chi connectivity index (χ1v) is 20.0. The van der Waals surface area contributed by atoms with Gasteiger partial charge in [-0.05, 0) is 135 Å². The first-order valence-electron chi connectivity index (χ1n) is 20.0. The Labute approximate surface area is 346 Å². The summed E-state index contributed by atoms with van der Waals surface area (Å²) >= 11 is 0. The van der Waals surface area contributed by atoms with Gasteiger partial charge in [-0.2, -0.15) is 0 Å². The van der Waals surface area contributed by atoms with Gasteiger partial charge >= 0.3 is 6.09 Å². The number of nitrogens with zero attached hydrogens (tertiary/aromatic N) is 1. The molecule has 4 aromatic carbocycles. The van der Waals surface area contributed by atoms with E-state index in [0.717, 1.165) is 50.6 Å². The number of carbonyl (C=O) groups excluding carboxylic acids is 1. The van der Waals surface area contributed by atoms with Crippen LogP contribution < -0.4 is 19.7 Å². The fourth-order valence-electron chi connectivity index (χ4n) is 7.41. The highest BCUT2D eigenvalue weighted by Crippen LogP contribution is 2.44. The maximum absolute atomic E-state index is 13.1. The molecule has 0 radical (unpaired) electrons. The molecule has 0 spiro atoms. The number of benzene rings is 4. The number of aliphatic hydroxyl groups excluding tert-OH is 1. The maximum Gasteiger partial charge on any atom is 0.415 e. The van der Waals surface area contributed by atoms with Crippen LogP contribution in [0.25, 0.3) is 33.4 Å². The molecule has 0 aliphatic carbocycles. The van der Waals surface area contributed by atoms with Crippen LogP contribution in [0.1, 0.15) is 87.3 Å². The highest BCUT2D eigenvalue weighted by atomic mass is 16.6. The van der Waals surface area contributed by atoms with E-state index in [9.17, 15) is 9.90 Å². The third-order valence-electron chi connectivity index (χ3n) is 10.1. The summed E-state index contributed by atoms with van der Waals surface area (Å²) in [6.45, 7) is 22.5. The largest absolute Gasteiger partial charge is 0.496 e. The number of anilines is 2. The van der Waals surface area contributed by atoms with Crippen molar-refractivity contribution in [3.8, 4) is 33.8 Å². The molecule has 58 heavy (non-hydrogen) atoms. The van der Waals surface area contributed by atoms with Gasteiger partial charge in [-0.3, -0.25) is 4.90 Å². The first-order chi connectivity index (χ1) is 27.2. The topological polar surface area (TPSA) is 89.5 Å². The summed E-state index contributed by atoms with van der Waals surface area (Å²) in [6, 6.07) is 28.3. The van der Waals surface area contributed by atoms with E-state index in [-0.39, 0.29) is 11.6 Å². The fraction of sp³-hybridized carbons (Fsp3) is 0.380. The smallest absolute Gasteiger partial charge is 0.415 e. The molecule has 0 saturated carbocycles. The minimum absolute atomic E-state index is 0.00337. The number of allylic oxidation sites excluding steroid dienone is 1. The summed E-state index contributed by atoms with van der Waals surface area (Å²) in [5.41, 5.74) is 9.85. The number of hydrogen-bond acceptors (Lipinski definition) is 7. The highest BCUT2D eigenvalue weighted by molar-refractivity contribution is 5.99. The number of nitrogens with one attached hydrogen (secondary N) is 1. The quantitative estimate of drug-likeness (QED) is 0.163. The number of rotatable bonds is 9. The molecule has 8 nitrogen and oxygen atoms in total. The average Bonchev–Trinajstić information content (AvgIpc) is 3.15. The van der Waals surface area contributed by atoms with Gasteiger partial charge in [0, 0.05) is 27.9 Å². The lowest BCUT2D eigenvalue weighted by molar-refractivity contribution is 0.0555. The van der Waals surface area contributed by atoms with Crippen LogP contribution in [0.2, 0.25) is 0 Å². The van der Waals surface area contributed by atoms with Gasteiger partial charge in [-0.1, -0.05) is 72.3 Å². The Morgan fingerprint density at radius 1 is 0.776 bits per heavy atom. The molecule has 4 aromatic rings. The van der Waals surface area contributed by atoms with Gasteiger partial charge in [0.2, 0.25) is 0 Å². The van der Waals surface area contributed by atoms with Crippen molar-refractivity contribution in [2.45, 2.75) is 105 Å². The number of amides is 1. The zero-order valence-corrected chi connectivity index (χ0v) is 36.6. The molecule has 0 saturated heterocycles. The monoisotopic (exact) mass is 786 g/mol. The molecule has 2 unspecified atom stereocenters. The second kappa shape index (κ2) is 17.7. The molecule has 2 heterocycles. The zero-order valence-electron chi connectivity index (χ0n) is 36.6. The van der Waals surface area contributed by atoms with Gasteiger partial charge in [0.15, 0.2) is 0 Å². The number of aliphatic hydroxyl groups is 1. The lowest BCUT2D eigenvalue weighted by Gasteiger charge is -2.42. The fourth-order valence-corrected chi connectivity index (χ4v) is 7.41. The molecule has 2 aliphatic heterocycles. The molecule has 0 fully saturated rings. The van der Waals surface area contributed by atoms with Crippen molar-refractivity contribution in [1.82, 2.24) is 0 Å². The van der Waals surface area contributed by atoms with Gasteiger partial charge in [0.1, 0.15) is 17.1 Å². The van der Waals surface area contributed by atoms with E-state index >= 15 is 0 Å². The van der Waals surface area contributed by atoms with Gasteiger partial charge < -0.3 is 29.4 Å². The van der Waals surface area contributed by atoms with Crippen LogP contribution >= 0.6 is 0 Å². The third kappa shape index (κ3) is 10.2. The number of para-hydroxylation sites is 2. The van der Waals surface area contributed by atoms with E-state index < -0.39 is 23.3 Å². The summed E-state index contributed by atoms with van der Waals surface area (Å²) in [7, 11) is 3.36. The van der Waals surface area contributed by atoms with Crippen LogP contribution in [0.4, 0.5) is 16.2 Å². The lowest BCUT2D eigenvalue weighted by atomic mass is 9.85. The average molecular weight is 787 g/mol. The molecule has 1 amide bonds. The van der Waals surface area contributed by atoms with Gasteiger partial charge in [0.05, 0.1) is 49.8 Å². The van der Waals surface area contributed by atoms with Crippen molar-refractivity contribution in [3.63, 3.8) is 0 Å². The normalized spacial score (nSPS) is 16.1. The van der Waals surface area contributed by atoms with Gasteiger partial charge in [-0.15, -0.1) is 0 Å². The predicted octanol–water partition coefficient (Wildman–Crippen LogP) is 12.0. The first kappa shape index (κ1) is 43.8. The Balaban J connectivity index is 0.000000221. The Morgan fingerprint density at radius 3 is 1.86 bits per heavy atom. The Kier molecular flexibility index (Phi) is 13.3. The minimum Gasteiger partial charge on any atom is -0.496 e. The summed E-state index contributed by atoms with van der Waals surface area (Å²) in [5, 5.41) is 14.1. The summed E-state index contributed by atoms with van der Waals surface area (Å²) in [5.74, 6) is 1.64. The maximum atomic E-state index is 13.1. The Bertz CT molecular complexity index is 2200. The van der Waals surface area contributed by atoms with Gasteiger partial charge in [-0.25, -0.2) is 4.79 Å². The van der Waals surface area contributed by atoms with E-state index in [2.05, 4.69) is 76.4 Å². The number of fused-ring (bicyclic) bond motifs is 2. The second-order valence-electron chi connectivity index (χ2n) is 17.3. The second-order valence-corrected chi connectivity index (χ2v) is 17.3. The van der Waals surface area contributed by atoms with Crippen molar-refractivity contribution >= 4 is 28.6 Å². The molecular weight excluding hydrogens is 725 g/mol. The predicted molar refractivity (Wildman–Crippen MR) is 240 cm³/mol. The van der Waals surface area contributed by atoms with Crippen LogP contribution in [-0.2, 0) is 9.47 Å². The number of carbonyl (C=O) groups is 1. The zero-order chi connectivity index (χ0) is 42.6. The van der Waals surface area contributed by atoms with Gasteiger partial charge in [0.25, 0.3) is 0 Å². The Hall–Kier alpha value is -5.31. The molecular formula is C50H62N2O6. The lowest BCUT2D eigenvalue weighted by Crippen LogP contribution is -2.51. The summed E-state index contributed by atoms with van der Waals surface area (Å²) in [6.07, 6.45) is 5.25. The van der Waals surface area contributed by atoms with Crippen molar-refractivity contribution in [2.24, 2.45) is 0 Å². The van der Waals surface area contributed by atoms with Crippen molar-refractivity contribution < 1.29 is 28.8 Å². The molecule has 308 valence electrons. The summed E-state index contributed by atoms with van der Waals surface area (Å²) in [4.78, 5) is 14.8. The minimum atomic E-state index is -0.684. The number of hydrogen-bond donors (Lipinski definition) is 2. The van der Waals surface area contributed by atoms with Crippen LogP contribution in [0.3, 0.4) is 0 Å². The summed E-state index contributed by atoms with van der Waals surface area (Å²) < 4.78 is 22.9. The molecule has 8 heteroatoms. The molecule has 2 aliphatic rings. The van der Waals surface area contributed by atoms with Crippen LogP contribution in [-0.4, -0.2) is 60.9 Å². The highest BCUT2D eigenvalue weighted by Gasteiger charge is 2.40. The molecule has 2 atom stereocenters. The van der Waals surface area contributed by atoms with E-state index in [1.807, 2.05) is 101 Å². The van der Waals surface area contributed by atoms with Crippen molar-refractivity contribution in [2.75, 3.05) is 31.0 Å². The van der Waals surface area contributed by atoms with Crippen LogP contribution in [0, 0.1) is 0 Å².